The fourth-order valence-corrected chi connectivity index (χ4v) is 1.63. The molecule has 0 aliphatic rings. The summed E-state index contributed by atoms with van der Waals surface area (Å²) in [4.78, 5) is 7.74. The Kier molecular flexibility index (Phi) is 2.44. The summed E-state index contributed by atoms with van der Waals surface area (Å²) in [7, 11) is 0. The second kappa shape index (κ2) is 3.51. The number of benzene rings is 1. The van der Waals surface area contributed by atoms with Crippen LogP contribution in [0.4, 0.5) is 0 Å². The van der Waals surface area contributed by atoms with Gasteiger partial charge in [0.15, 0.2) is 0 Å². The lowest BCUT2D eigenvalue weighted by molar-refractivity contribution is 0.509. The van der Waals surface area contributed by atoms with Gasteiger partial charge in [-0.25, -0.2) is 4.98 Å². The van der Waals surface area contributed by atoms with Gasteiger partial charge in [0, 0.05) is 12.0 Å². The lowest BCUT2D eigenvalue weighted by Gasteiger charge is -2.18. The molecule has 1 aromatic heterocycles. The summed E-state index contributed by atoms with van der Waals surface area (Å²) in [5.41, 5.74) is 7.33. The number of halogens is 1. The molecule has 0 saturated carbocycles. The van der Waals surface area contributed by atoms with Crippen molar-refractivity contribution in [2.24, 2.45) is 5.73 Å². The minimum atomic E-state index is -0.150. The first kappa shape index (κ1) is 10.5. The van der Waals surface area contributed by atoms with E-state index in [9.17, 15) is 0 Å². The van der Waals surface area contributed by atoms with Gasteiger partial charge in [0.05, 0.1) is 10.5 Å². The molecule has 0 radical (unpaired) electrons. The number of imidazole rings is 1. The largest absolute Gasteiger partial charge is 0.341 e. The SMILES string of the molecule is CC(C)(CN)c1nc2c(Cl)cccc2[nH]1. The van der Waals surface area contributed by atoms with Crippen molar-refractivity contribution in [3.63, 3.8) is 0 Å². The molecule has 0 atom stereocenters. The van der Waals surface area contributed by atoms with Crippen LogP contribution >= 0.6 is 11.6 Å². The molecule has 1 heterocycles. The number of aromatic amines is 1. The number of nitrogens with zero attached hydrogens (tertiary/aromatic N) is 1. The zero-order chi connectivity index (χ0) is 11.1. The van der Waals surface area contributed by atoms with Gasteiger partial charge in [-0.1, -0.05) is 31.5 Å². The van der Waals surface area contributed by atoms with Crippen molar-refractivity contribution in [1.29, 1.82) is 0 Å². The Balaban J connectivity index is 2.62. The topological polar surface area (TPSA) is 54.7 Å². The number of hydrogen-bond donors (Lipinski definition) is 2. The van der Waals surface area contributed by atoms with Crippen molar-refractivity contribution in [3.8, 4) is 0 Å². The van der Waals surface area contributed by atoms with E-state index in [4.69, 9.17) is 17.3 Å². The maximum atomic E-state index is 6.05. The zero-order valence-corrected chi connectivity index (χ0v) is 9.60. The van der Waals surface area contributed by atoms with Gasteiger partial charge in [0.1, 0.15) is 11.3 Å². The summed E-state index contributed by atoms with van der Waals surface area (Å²) in [6.07, 6.45) is 0. The van der Waals surface area contributed by atoms with Crippen molar-refractivity contribution in [2.45, 2.75) is 19.3 Å². The number of hydrogen-bond acceptors (Lipinski definition) is 2. The van der Waals surface area contributed by atoms with Gasteiger partial charge in [-0.15, -0.1) is 0 Å². The van der Waals surface area contributed by atoms with E-state index in [0.29, 0.717) is 11.6 Å². The predicted molar refractivity (Wildman–Crippen MR) is 63.2 cm³/mol. The van der Waals surface area contributed by atoms with Crippen LogP contribution in [0.2, 0.25) is 5.02 Å². The first-order valence-electron chi connectivity index (χ1n) is 4.89. The van der Waals surface area contributed by atoms with Gasteiger partial charge in [-0.05, 0) is 12.1 Å². The average Bonchev–Trinajstić information content (AvgIpc) is 2.64. The molecule has 3 N–H and O–H groups in total. The summed E-state index contributed by atoms with van der Waals surface area (Å²) in [6.45, 7) is 4.65. The first-order valence-corrected chi connectivity index (χ1v) is 5.27. The molecule has 2 rings (SSSR count). The fraction of sp³-hybridized carbons (Fsp3) is 0.364. The van der Waals surface area contributed by atoms with Crippen LogP contribution in [0.3, 0.4) is 0 Å². The molecule has 0 aliphatic carbocycles. The van der Waals surface area contributed by atoms with Crippen LogP contribution in [0, 0.1) is 0 Å². The molecule has 4 heteroatoms. The van der Waals surface area contributed by atoms with E-state index in [-0.39, 0.29) is 5.41 Å². The summed E-state index contributed by atoms with van der Waals surface area (Å²) in [5.74, 6) is 0.883. The molecule has 0 unspecified atom stereocenters. The van der Waals surface area contributed by atoms with E-state index in [2.05, 4.69) is 23.8 Å². The van der Waals surface area contributed by atoms with Crippen LogP contribution in [-0.4, -0.2) is 16.5 Å². The minimum Gasteiger partial charge on any atom is -0.341 e. The lowest BCUT2D eigenvalue weighted by Crippen LogP contribution is -2.29. The zero-order valence-electron chi connectivity index (χ0n) is 8.84. The van der Waals surface area contributed by atoms with Gasteiger partial charge in [-0.3, -0.25) is 0 Å². The third-order valence-electron chi connectivity index (χ3n) is 2.61. The van der Waals surface area contributed by atoms with Crippen molar-refractivity contribution >= 4 is 22.6 Å². The Labute approximate surface area is 93.6 Å². The molecule has 15 heavy (non-hydrogen) atoms. The van der Waals surface area contributed by atoms with Crippen molar-refractivity contribution in [1.82, 2.24) is 9.97 Å². The summed E-state index contributed by atoms with van der Waals surface area (Å²) >= 11 is 6.05. The van der Waals surface area contributed by atoms with E-state index in [1.54, 1.807) is 0 Å². The number of fused-ring (bicyclic) bond motifs is 1. The highest BCUT2D eigenvalue weighted by molar-refractivity contribution is 6.34. The molecule has 3 nitrogen and oxygen atoms in total. The quantitative estimate of drug-likeness (QED) is 0.822. The van der Waals surface area contributed by atoms with Crippen LogP contribution in [0.5, 0.6) is 0 Å². The van der Waals surface area contributed by atoms with Crippen LogP contribution < -0.4 is 5.73 Å². The average molecular weight is 224 g/mol. The Morgan fingerprint density at radius 2 is 2.20 bits per heavy atom. The molecular weight excluding hydrogens is 210 g/mol. The Hall–Kier alpha value is -1.06. The van der Waals surface area contributed by atoms with Crippen LogP contribution in [0.15, 0.2) is 18.2 Å². The monoisotopic (exact) mass is 223 g/mol. The van der Waals surface area contributed by atoms with Gasteiger partial charge in [0.2, 0.25) is 0 Å². The molecular formula is C11H14ClN3. The van der Waals surface area contributed by atoms with E-state index in [1.807, 2.05) is 18.2 Å². The highest BCUT2D eigenvalue weighted by Crippen LogP contribution is 2.26. The fourth-order valence-electron chi connectivity index (χ4n) is 1.41. The molecule has 80 valence electrons. The second-order valence-corrected chi connectivity index (χ2v) is 4.72. The Bertz CT molecular complexity index is 488. The van der Waals surface area contributed by atoms with Crippen LogP contribution in [0.1, 0.15) is 19.7 Å². The Morgan fingerprint density at radius 3 is 2.80 bits per heavy atom. The normalized spacial score (nSPS) is 12.3. The van der Waals surface area contributed by atoms with Crippen LogP contribution in [0.25, 0.3) is 11.0 Å². The first-order chi connectivity index (χ1) is 7.04. The number of aromatic nitrogens is 2. The van der Waals surface area contributed by atoms with Crippen molar-refractivity contribution < 1.29 is 0 Å². The summed E-state index contributed by atoms with van der Waals surface area (Å²) in [6, 6.07) is 5.70. The standard InChI is InChI=1S/C11H14ClN3/c1-11(2,6-13)10-14-8-5-3-4-7(12)9(8)15-10/h3-5H,6,13H2,1-2H3,(H,14,15). The molecule has 2 aromatic rings. The number of H-pyrrole nitrogens is 1. The molecule has 0 aliphatic heterocycles. The summed E-state index contributed by atoms with van der Waals surface area (Å²) in [5, 5.41) is 0.669. The number of nitrogens with two attached hydrogens (primary N) is 1. The van der Waals surface area contributed by atoms with Crippen molar-refractivity contribution in [3.05, 3.63) is 29.0 Å². The smallest absolute Gasteiger partial charge is 0.114 e. The second-order valence-electron chi connectivity index (χ2n) is 4.31. The minimum absolute atomic E-state index is 0.150. The van der Waals surface area contributed by atoms with Crippen molar-refractivity contribution in [2.75, 3.05) is 6.54 Å². The number of nitrogens with one attached hydrogen (secondary N) is 1. The lowest BCUT2D eigenvalue weighted by atomic mass is 9.93. The Morgan fingerprint density at radius 1 is 1.47 bits per heavy atom. The third kappa shape index (κ3) is 1.73. The maximum Gasteiger partial charge on any atom is 0.114 e. The third-order valence-corrected chi connectivity index (χ3v) is 2.92. The molecule has 0 saturated heterocycles. The number of rotatable bonds is 2. The number of para-hydroxylation sites is 1. The van der Waals surface area contributed by atoms with Gasteiger partial charge in [-0.2, -0.15) is 0 Å². The maximum absolute atomic E-state index is 6.05. The van der Waals surface area contributed by atoms with E-state index in [0.717, 1.165) is 16.9 Å². The van der Waals surface area contributed by atoms with Gasteiger partial charge >= 0.3 is 0 Å². The van der Waals surface area contributed by atoms with Gasteiger partial charge < -0.3 is 10.7 Å². The molecule has 0 spiro atoms. The predicted octanol–water partition coefficient (Wildman–Crippen LogP) is 2.45. The van der Waals surface area contributed by atoms with E-state index in [1.165, 1.54) is 0 Å². The highest BCUT2D eigenvalue weighted by Gasteiger charge is 2.22. The molecule has 0 bridgehead atoms. The van der Waals surface area contributed by atoms with Crippen LogP contribution in [-0.2, 0) is 5.41 Å². The molecule has 1 aromatic carbocycles. The highest BCUT2D eigenvalue weighted by atomic mass is 35.5. The van der Waals surface area contributed by atoms with Gasteiger partial charge in [0.25, 0.3) is 0 Å². The summed E-state index contributed by atoms with van der Waals surface area (Å²) < 4.78 is 0. The van der Waals surface area contributed by atoms with E-state index < -0.39 is 0 Å². The molecule has 0 amide bonds. The van der Waals surface area contributed by atoms with E-state index >= 15 is 0 Å². The molecule has 0 fully saturated rings.